The Labute approximate surface area is 141 Å². The fourth-order valence-corrected chi connectivity index (χ4v) is 3.99. The fourth-order valence-electron chi connectivity index (χ4n) is 3.99. The van der Waals surface area contributed by atoms with Crippen LogP contribution in [-0.4, -0.2) is 41.0 Å². The van der Waals surface area contributed by atoms with Gasteiger partial charge < -0.3 is 15.2 Å². The highest BCUT2D eigenvalue weighted by Gasteiger charge is 2.36. The first kappa shape index (κ1) is 16.7. The smallest absolute Gasteiger partial charge is 0.274 e. The van der Waals surface area contributed by atoms with Gasteiger partial charge in [0.05, 0.1) is 6.17 Å². The van der Waals surface area contributed by atoms with E-state index in [-0.39, 0.29) is 29.9 Å². The van der Waals surface area contributed by atoms with Crippen LogP contribution >= 0.6 is 0 Å². The summed E-state index contributed by atoms with van der Waals surface area (Å²) in [4.78, 5) is 37.5. The van der Waals surface area contributed by atoms with Gasteiger partial charge >= 0.3 is 0 Å². The summed E-state index contributed by atoms with van der Waals surface area (Å²) in [7, 11) is 0. The average Bonchev–Trinajstić information content (AvgIpc) is 2.55. The summed E-state index contributed by atoms with van der Waals surface area (Å²) in [5.41, 5.74) is -0.209. The van der Waals surface area contributed by atoms with Crippen LogP contribution in [-0.2, 0) is 16.1 Å². The molecule has 24 heavy (non-hydrogen) atoms. The highest BCUT2D eigenvalue weighted by Crippen LogP contribution is 2.32. The second kappa shape index (κ2) is 7.17. The van der Waals surface area contributed by atoms with Gasteiger partial charge in [-0.1, -0.05) is 6.92 Å². The van der Waals surface area contributed by atoms with E-state index in [4.69, 9.17) is 0 Å². The molecule has 2 aliphatic heterocycles. The number of fused-ring (bicyclic) bond motifs is 2. The van der Waals surface area contributed by atoms with Gasteiger partial charge in [0.25, 0.3) is 5.56 Å². The van der Waals surface area contributed by atoms with Crippen LogP contribution in [0, 0.1) is 11.8 Å². The Morgan fingerprint density at radius 1 is 1.46 bits per heavy atom. The Morgan fingerprint density at radius 3 is 3.08 bits per heavy atom. The Kier molecular flexibility index (Phi) is 4.99. The molecule has 1 aromatic heterocycles. The Morgan fingerprint density at radius 2 is 2.29 bits per heavy atom. The standard InChI is InChI=1S/C17H24N4O3/c1-12-8-13-4-2-6-20(9-13)16(12)19-15(23)10-21-7-3-5-14(17(21)24)18-11-22/h3,5,7,11-13,16H,2,4,6,8-10H2,1H3,(H,18,22)(H,19,23). The monoisotopic (exact) mass is 332 g/mol. The number of nitrogens with one attached hydrogen (secondary N) is 2. The molecule has 0 aromatic carbocycles. The minimum atomic E-state index is -0.380. The largest absolute Gasteiger partial charge is 0.339 e. The topological polar surface area (TPSA) is 83.4 Å². The summed E-state index contributed by atoms with van der Waals surface area (Å²) in [5.74, 6) is 0.977. The zero-order valence-corrected chi connectivity index (χ0v) is 13.9. The molecule has 2 bridgehead atoms. The first-order valence-corrected chi connectivity index (χ1v) is 8.51. The van der Waals surface area contributed by atoms with Crippen molar-refractivity contribution in [2.24, 2.45) is 11.8 Å². The van der Waals surface area contributed by atoms with Crippen LogP contribution in [0.1, 0.15) is 26.2 Å². The van der Waals surface area contributed by atoms with Crippen LogP contribution in [0.4, 0.5) is 5.69 Å². The summed E-state index contributed by atoms with van der Waals surface area (Å²) in [6.45, 7) is 4.20. The number of pyridine rings is 1. The number of piperidine rings is 2. The molecule has 1 aromatic rings. The van der Waals surface area contributed by atoms with E-state index in [0.717, 1.165) is 25.4 Å². The minimum Gasteiger partial charge on any atom is -0.339 e. The molecule has 7 nitrogen and oxygen atoms in total. The lowest BCUT2D eigenvalue weighted by atomic mass is 9.82. The predicted molar refractivity (Wildman–Crippen MR) is 90.4 cm³/mol. The van der Waals surface area contributed by atoms with E-state index >= 15 is 0 Å². The normalized spacial score (nSPS) is 28.9. The molecule has 0 saturated carbocycles. The van der Waals surface area contributed by atoms with Crippen LogP contribution in [0.15, 0.2) is 23.1 Å². The van der Waals surface area contributed by atoms with Gasteiger partial charge in [-0.2, -0.15) is 0 Å². The van der Waals surface area contributed by atoms with E-state index in [9.17, 15) is 14.4 Å². The maximum absolute atomic E-state index is 12.4. The molecule has 2 saturated heterocycles. The molecule has 0 aliphatic carbocycles. The molecule has 2 amide bonds. The predicted octanol–water partition coefficient (Wildman–Crippen LogP) is 0.611. The summed E-state index contributed by atoms with van der Waals surface area (Å²) < 4.78 is 1.31. The molecule has 2 aliphatic rings. The number of anilines is 1. The van der Waals surface area contributed by atoms with Gasteiger partial charge in [0, 0.05) is 19.3 Å². The second-order valence-electron chi connectivity index (χ2n) is 6.85. The molecule has 0 spiro atoms. The van der Waals surface area contributed by atoms with Crippen LogP contribution in [0.3, 0.4) is 0 Å². The van der Waals surface area contributed by atoms with Crippen LogP contribution < -0.4 is 16.2 Å². The van der Waals surface area contributed by atoms with Crippen LogP contribution in [0.25, 0.3) is 0 Å². The van der Waals surface area contributed by atoms with Gasteiger partial charge in [0.1, 0.15) is 12.2 Å². The lowest BCUT2D eigenvalue weighted by Crippen LogP contribution is -2.59. The Bertz CT molecular complexity index is 670. The SMILES string of the molecule is CC1CC2CCCN(C2)C1NC(=O)Cn1cccc(NC=O)c1=O. The highest BCUT2D eigenvalue weighted by molar-refractivity contribution is 5.76. The first-order chi connectivity index (χ1) is 11.6. The van der Waals surface area contributed by atoms with Crippen molar-refractivity contribution in [3.63, 3.8) is 0 Å². The number of nitrogens with zero attached hydrogens (tertiary/aromatic N) is 2. The van der Waals surface area contributed by atoms with Gasteiger partial charge in [-0.05, 0) is 43.2 Å². The van der Waals surface area contributed by atoms with Crippen LogP contribution in [0.5, 0.6) is 0 Å². The summed E-state index contributed by atoms with van der Waals surface area (Å²) in [6, 6.07) is 3.15. The lowest BCUT2D eigenvalue weighted by molar-refractivity contribution is -0.126. The maximum atomic E-state index is 12.4. The number of hydrogen-bond donors (Lipinski definition) is 2. The molecule has 2 fully saturated rings. The quantitative estimate of drug-likeness (QED) is 0.774. The third-order valence-electron chi connectivity index (χ3n) is 5.05. The Balaban J connectivity index is 1.66. The molecule has 7 heteroatoms. The second-order valence-corrected chi connectivity index (χ2v) is 6.85. The third-order valence-corrected chi connectivity index (χ3v) is 5.05. The van der Waals surface area contributed by atoms with Crippen molar-refractivity contribution in [1.82, 2.24) is 14.8 Å². The Hall–Kier alpha value is -2.15. The van der Waals surface area contributed by atoms with E-state index in [2.05, 4.69) is 22.5 Å². The zero-order chi connectivity index (χ0) is 17.1. The van der Waals surface area contributed by atoms with Gasteiger partial charge in [0.2, 0.25) is 12.3 Å². The van der Waals surface area contributed by atoms with Crippen molar-refractivity contribution in [3.05, 3.63) is 28.7 Å². The molecule has 0 radical (unpaired) electrons. The van der Waals surface area contributed by atoms with E-state index in [1.165, 1.54) is 23.5 Å². The number of rotatable bonds is 5. The number of hydrogen-bond acceptors (Lipinski definition) is 4. The van der Waals surface area contributed by atoms with Crippen molar-refractivity contribution >= 4 is 18.0 Å². The third kappa shape index (κ3) is 3.51. The summed E-state index contributed by atoms with van der Waals surface area (Å²) >= 11 is 0. The molecular formula is C17H24N4O3. The number of amides is 2. The molecule has 2 N–H and O–H groups in total. The number of carbonyl (C=O) groups excluding carboxylic acids is 2. The van der Waals surface area contributed by atoms with Crippen LogP contribution in [0.2, 0.25) is 0 Å². The molecule has 3 heterocycles. The molecule has 4 atom stereocenters. The van der Waals surface area contributed by atoms with Gasteiger partial charge in [-0.25, -0.2) is 0 Å². The average molecular weight is 332 g/mol. The summed E-state index contributed by atoms with van der Waals surface area (Å²) in [5, 5.41) is 5.44. The van der Waals surface area contributed by atoms with E-state index in [1.54, 1.807) is 12.3 Å². The van der Waals surface area contributed by atoms with E-state index in [1.807, 2.05) is 0 Å². The first-order valence-electron chi connectivity index (χ1n) is 8.51. The number of aromatic nitrogens is 1. The van der Waals surface area contributed by atoms with E-state index in [0.29, 0.717) is 12.3 Å². The zero-order valence-electron chi connectivity index (χ0n) is 13.9. The molecular weight excluding hydrogens is 308 g/mol. The van der Waals surface area contributed by atoms with Crippen molar-refractivity contribution in [2.75, 3.05) is 18.4 Å². The van der Waals surface area contributed by atoms with Gasteiger partial charge in [-0.3, -0.25) is 19.3 Å². The lowest BCUT2D eigenvalue weighted by Gasteiger charge is -2.47. The van der Waals surface area contributed by atoms with Gasteiger partial charge in [0.15, 0.2) is 0 Å². The van der Waals surface area contributed by atoms with Crippen molar-refractivity contribution < 1.29 is 9.59 Å². The highest BCUT2D eigenvalue weighted by atomic mass is 16.2. The fraction of sp³-hybridized carbons (Fsp3) is 0.588. The molecule has 4 unspecified atom stereocenters. The maximum Gasteiger partial charge on any atom is 0.274 e. The minimum absolute atomic E-state index is 0.0426. The van der Waals surface area contributed by atoms with E-state index < -0.39 is 0 Å². The van der Waals surface area contributed by atoms with Crippen molar-refractivity contribution in [2.45, 2.75) is 38.9 Å². The van der Waals surface area contributed by atoms with Crippen molar-refractivity contribution in [1.29, 1.82) is 0 Å². The molecule has 3 rings (SSSR count). The number of carbonyl (C=O) groups is 2. The van der Waals surface area contributed by atoms with Gasteiger partial charge in [-0.15, -0.1) is 0 Å². The molecule has 130 valence electrons. The summed E-state index contributed by atoms with van der Waals surface area (Å²) in [6.07, 6.45) is 5.66. The van der Waals surface area contributed by atoms with Crippen molar-refractivity contribution in [3.8, 4) is 0 Å².